The zero-order valence-corrected chi connectivity index (χ0v) is 24.1. The Hall–Kier alpha value is -3.84. The number of esters is 1. The number of phenols is 1. The van der Waals surface area contributed by atoms with Crippen molar-refractivity contribution in [1.29, 1.82) is 0 Å². The molecule has 1 aliphatic rings. The summed E-state index contributed by atoms with van der Waals surface area (Å²) < 4.78 is 15.9. The molecular weight excluding hydrogens is 494 g/mol. The molecule has 0 saturated carbocycles. The van der Waals surface area contributed by atoms with Gasteiger partial charge in [0.1, 0.15) is 23.7 Å². The van der Waals surface area contributed by atoms with Gasteiger partial charge >= 0.3 is 5.97 Å². The zero-order valence-electron chi connectivity index (χ0n) is 24.1. The molecule has 3 rings (SSSR count). The van der Waals surface area contributed by atoms with Crippen LogP contribution < -0.4 is 10.1 Å². The number of benzene rings is 2. The Kier molecular flexibility index (Phi) is 13.2. The van der Waals surface area contributed by atoms with Crippen LogP contribution in [0.5, 0.6) is 11.5 Å². The summed E-state index contributed by atoms with van der Waals surface area (Å²) in [5.41, 5.74) is 2.60. The van der Waals surface area contributed by atoms with E-state index in [4.69, 9.17) is 19.3 Å². The summed E-state index contributed by atoms with van der Waals surface area (Å²) in [4.78, 5) is 22.2. The van der Waals surface area contributed by atoms with E-state index in [9.17, 15) is 9.59 Å². The lowest BCUT2D eigenvalue weighted by Crippen LogP contribution is -2.46. The Bertz CT molecular complexity index is 1100. The van der Waals surface area contributed by atoms with Gasteiger partial charge in [0.2, 0.25) is 0 Å². The van der Waals surface area contributed by atoms with E-state index in [0.29, 0.717) is 36.7 Å². The lowest BCUT2D eigenvalue weighted by molar-refractivity contribution is -0.167. The normalized spacial score (nSPS) is 13.1. The zero-order chi connectivity index (χ0) is 29.6. The van der Waals surface area contributed by atoms with Crippen molar-refractivity contribution in [2.24, 2.45) is 5.41 Å². The van der Waals surface area contributed by atoms with E-state index in [1.165, 1.54) is 12.1 Å². The molecule has 0 spiro atoms. The summed E-state index contributed by atoms with van der Waals surface area (Å²) in [6, 6.07) is 14.2. The molecule has 0 aliphatic carbocycles. The maximum Gasteiger partial charge on any atom is 0.333 e. The van der Waals surface area contributed by atoms with Gasteiger partial charge in [0.05, 0.1) is 18.6 Å². The Morgan fingerprint density at radius 3 is 1.97 bits per heavy atom. The number of hydrogen-bond donors (Lipinski definition) is 2. The highest BCUT2D eigenvalue weighted by Gasteiger charge is 2.38. The number of ether oxygens (including phenoxy) is 3. The molecule has 1 heterocycles. The molecule has 39 heavy (non-hydrogen) atoms. The highest BCUT2D eigenvalue weighted by Crippen LogP contribution is 2.31. The second kappa shape index (κ2) is 15.5. The number of aromatic hydroxyl groups is 1. The van der Waals surface area contributed by atoms with Crippen molar-refractivity contribution < 1.29 is 28.9 Å². The molecule has 2 N–H and O–H groups in total. The predicted octanol–water partition coefficient (Wildman–Crippen LogP) is 6.95. The fourth-order valence-electron chi connectivity index (χ4n) is 2.93. The molecule has 1 aliphatic heterocycles. The van der Waals surface area contributed by atoms with E-state index in [0.717, 1.165) is 17.7 Å². The number of rotatable bonds is 8. The Morgan fingerprint density at radius 1 is 1.03 bits per heavy atom. The van der Waals surface area contributed by atoms with Crippen molar-refractivity contribution in [2.45, 2.75) is 53.6 Å². The fraction of sp³-hybridized carbons (Fsp3) is 0.375. The van der Waals surface area contributed by atoms with Crippen LogP contribution in [-0.2, 0) is 19.1 Å². The van der Waals surface area contributed by atoms with E-state index in [1.807, 2.05) is 51.1 Å². The molecule has 0 bridgehead atoms. The van der Waals surface area contributed by atoms with Crippen LogP contribution in [0, 0.1) is 5.41 Å². The first kappa shape index (κ1) is 33.2. The second-order valence-electron chi connectivity index (χ2n) is 10.5. The number of hydrogen-bond acceptors (Lipinski definition) is 6. The van der Waals surface area contributed by atoms with Gasteiger partial charge in [-0.25, -0.2) is 4.79 Å². The van der Waals surface area contributed by atoms with Gasteiger partial charge in [-0.3, -0.25) is 4.79 Å². The molecule has 0 atom stereocenters. The van der Waals surface area contributed by atoms with Crippen LogP contribution in [0.15, 0.2) is 79.4 Å². The van der Waals surface area contributed by atoms with E-state index in [2.05, 4.69) is 32.0 Å². The summed E-state index contributed by atoms with van der Waals surface area (Å²) in [5, 5.41) is 11.6. The van der Waals surface area contributed by atoms with Crippen LogP contribution in [0.1, 0.15) is 53.5 Å². The molecule has 0 unspecified atom stereocenters. The molecule has 212 valence electrons. The van der Waals surface area contributed by atoms with Gasteiger partial charge in [-0.15, -0.1) is 0 Å². The highest BCUT2D eigenvalue weighted by atomic mass is 16.5. The van der Waals surface area contributed by atoms with Gasteiger partial charge in [0.25, 0.3) is 5.91 Å². The number of nitrogens with one attached hydrogen (secondary N) is 1. The number of carbonyl (C=O) groups is 2. The smallest absolute Gasteiger partial charge is 0.333 e. The topological polar surface area (TPSA) is 94.1 Å². The van der Waals surface area contributed by atoms with Gasteiger partial charge in [0.15, 0.2) is 0 Å². The molecular formula is C32H43NO6. The van der Waals surface area contributed by atoms with Crippen molar-refractivity contribution in [2.75, 3.05) is 25.1 Å². The van der Waals surface area contributed by atoms with Gasteiger partial charge < -0.3 is 24.6 Å². The minimum absolute atomic E-state index is 0.0745. The Balaban J connectivity index is 0.000000292. The number of carbonyl (C=O) groups excluding carboxylic acids is 2. The molecule has 7 nitrogen and oxygen atoms in total. The average molecular weight is 538 g/mol. The maximum atomic E-state index is 11.1. The quantitative estimate of drug-likeness (QED) is 0.215. The van der Waals surface area contributed by atoms with Crippen molar-refractivity contribution in [3.8, 4) is 11.5 Å². The lowest BCUT2D eigenvalue weighted by atomic mass is 9.84. The van der Waals surface area contributed by atoms with Crippen LogP contribution in [0.4, 0.5) is 5.69 Å². The SMILES string of the molecule is C=C(C)C(=O)Nc1ccc(O)cc1.C=C(C)C(=O)OCC1(CC)COC1.C=Cc1ccc(OC(C)(C)C)cc1. The molecule has 2 aromatic carbocycles. The average Bonchev–Trinajstić information content (AvgIpc) is 2.85. The van der Waals surface area contributed by atoms with Gasteiger partial charge in [-0.05, 0) is 83.0 Å². The summed E-state index contributed by atoms with van der Waals surface area (Å²) >= 11 is 0. The number of phenolic OH excluding ortho intramolecular Hbond substituents is 1. The van der Waals surface area contributed by atoms with Crippen LogP contribution >= 0.6 is 0 Å². The number of anilines is 1. The third-order valence-electron chi connectivity index (χ3n) is 5.48. The van der Waals surface area contributed by atoms with E-state index in [-0.39, 0.29) is 28.6 Å². The van der Waals surface area contributed by atoms with Crippen LogP contribution in [0.3, 0.4) is 0 Å². The third-order valence-corrected chi connectivity index (χ3v) is 5.48. The fourth-order valence-corrected chi connectivity index (χ4v) is 2.93. The molecule has 1 fully saturated rings. The maximum absolute atomic E-state index is 11.1. The third kappa shape index (κ3) is 13.0. The Labute approximate surface area is 233 Å². The lowest BCUT2D eigenvalue weighted by Gasteiger charge is -2.39. The molecule has 0 aromatic heterocycles. The van der Waals surface area contributed by atoms with Crippen LogP contribution in [0.2, 0.25) is 0 Å². The minimum Gasteiger partial charge on any atom is -0.508 e. The van der Waals surface area contributed by atoms with E-state index >= 15 is 0 Å². The molecule has 0 radical (unpaired) electrons. The summed E-state index contributed by atoms with van der Waals surface area (Å²) in [5.74, 6) is 0.553. The van der Waals surface area contributed by atoms with E-state index in [1.54, 1.807) is 26.0 Å². The molecule has 7 heteroatoms. The minimum atomic E-state index is -0.306. The molecule has 1 saturated heterocycles. The number of amides is 1. The molecule has 2 aromatic rings. The van der Waals surface area contributed by atoms with Crippen molar-refractivity contribution in [3.05, 3.63) is 85.0 Å². The summed E-state index contributed by atoms with van der Waals surface area (Å²) in [6.07, 6.45) is 2.80. The first-order valence-corrected chi connectivity index (χ1v) is 12.8. The first-order chi connectivity index (χ1) is 18.2. The van der Waals surface area contributed by atoms with Crippen LogP contribution in [0.25, 0.3) is 6.08 Å². The van der Waals surface area contributed by atoms with Gasteiger partial charge in [-0.2, -0.15) is 0 Å². The van der Waals surface area contributed by atoms with Crippen molar-refractivity contribution in [1.82, 2.24) is 0 Å². The first-order valence-electron chi connectivity index (χ1n) is 12.8. The van der Waals surface area contributed by atoms with Crippen molar-refractivity contribution in [3.63, 3.8) is 0 Å². The molecule has 1 amide bonds. The monoisotopic (exact) mass is 537 g/mol. The van der Waals surface area contributed by atoms with Gasteiger partial charge in [0, 0.05) is 16.8 Å². The summed E-state index contributed by atoms with van der Waals surface area (Å²) in [7, 11) is 0. The highest BCUT2D eigenvalue weighted by molar-refractivity contribution is 6.02. The van der Waals surface area contributed by atoms with Crippen LogP contribution in [-0.4, -0.2) is 42.4 Å². The van der Waals surface area contributed by atoms with E-state index < -0.39 is 0 Å². The predicted molar refractivity (Wildman–Crippen MR) is 158 cm³/mol. The van der Waals surface area contributed by atoms with Gasteiger partial charge in [-0.1, -0.05) is 44.9 Å². The second-order valence-corrected chi connectivity index (χ2v) is 10.5. The summed E-state index contributed by atoms with van der Waals surface area (Å²) in [6.45, 7) is 24.1. The standard InChI is InChI=1S/C12H16O.C10H11NO2.C10H16O3/c1-5-10-6-8-11(9-7-10)13-12(2,3)4;1-7(2)10(13)11-8-3-5-9(12)6-4-8;1-4-10(5-12-6-10)7-13-9(11)8(2)3/h5-9H,1H2,2-4H3;3-6,12H,1H2,2H3,(H,11,13);2,4-7H2,1,3H3. The Morgan fingerprint density at radius 2 is 1.59 bits per heavy atom. The largest absolute Gasteiger partial charge is 0.508 e. The van der Waals surface area contributed by atoms with Crippen molar-refractivity contribution >= 4 is 23.6 Å².